The van der Waals surface area contributed by atoms with Gasteiger partial charge in [0.15, 0.2) is 6.61 Å². The van der Waals surface area contributed by atoms with Gasteiger partial charge in [0.1, 0.15) is 5.75 Å². The highest BCUT2D eigenvalue weighted by atomic mass is 16.5. The number of hydrogen-bond donors (Lipinski definition) is 1. The standard InChI is InChI=1S/C19H27NO4/c1-4-23-16-10-8-15(9-11-16)19(22)24-12-18(21)20-17-7-5-6-13(2)14(17)3/h8-11,13-14,17H,4-7,12H2,1-3H3,(H,20,21)/t13-,14-,17+/m0/s1. The highest BCUT2D eigenvalue weighted by molar-refractivity contribution is 5.91. The molecule has 1 fully saturated rings. The lowest BCUT2D eigenvalue weighted by atomic mass is 9.78. The largest absolute Gasteiger partial charge is 0.494 e. The van der Waals surface area contributed by atoms with Gasteiger partial charge in [0.2, 0.25) is 0 Å². The van der Waals surface area contributed by atoms with Gasteiger partial charge in [0.25, 0.3) is 5.91 Å². The lowest BCUT2D eigenvalue weighted by Crippen LogP contribution is -2.45. The second-order valence-corrected chi connectivity index (χ2v) is 6.47. The smallest absolute Gasteiger partial charge is 0.338 e. The molecule has 5 heteroatoms. The van der Waals surface area contributed by atoms with E-state index in [2.05, 4.69) is 19.2 Å². The molecule has 0 aromatic heterocycles. The third kappa shape index (κ3) is 4.98. The Morgan fingerprint density at radius 1 is 1.17 bits per heavy atom. The summed E-state index contributed by atoms with van der Waals surface area (Å²) in [5.74, 6) is 1.02. The number of nitrogens with one attached hydrogen (secondary N) is 1. The Hall–Kier alpha value is -2.04. The maximum Gasteiger partial charge on any atom is 0.338 e. The molecule has 0 unspecified atom stereocenters. The fourth-order valence-corrected chi connectivity index (χ4v) is 3.10. The number of esters is 1. The minimum atomic E-state index is -0.502. The van der Waals surface area contributed by atoms with E-state index in [4.69, 9.17) is 9.47 Å². The molecule has 0 bridgehead atoms. The van der Waals surface area contributed by atoms with E-state index < -0.39 is 5.97 Å². The Bertz CT molecular complexity index is 555. The van der Waals surface area contributed by atoms with Crippen molar-refractivity contribution < 1.29 is 19.1 Å². The highest BCUT2D eigenvalue weighted by Crippen LogP contribution is 2.29. The van der Waals surface area contributed by atoms with Crippen LogP contribution in [0.3, 0.4) is 0 Å². The predicted octanol–water partition coefficient (Wildman–Crippen LogP) is 3.18. The molecule has 24 heavy (non-hydrogen) atoms. The minimum absolute atomic E-state index is 0.172. The van der Waals surface area contributed by atoms with E-state index in [1.54, 1.807) is 24.3 Å². The van der Waals surface area contributed by atoms with Crippen molar-refractivity contribution in [3.63, 3.8) is 0 Å². The van der Waals surface area contributed by atoms with Crippen LogP contribution < -0.4 is 10.1 Å². The summed E-state index contributed by atoms with van der Waals surface area (Å²) in [6.45, 7) is 6.61. The summed E-state index contributed by atoms with van der Waals surface area (Å²) in [6.07, 6.45) is 3.33. The van der Waals surface area contributed by atoms with Gasteiger partial charge in [-0.05, 0) is 49.4 Å². The number of carbonyl (C=O) groups excluding carboxylic acids is 2. The molecule has 0 radical (unpaired) electrons. The fourth-order valence-electron chi connectivity index (χ4n) is 3.10. The molecule has 132 valence electrons. The summed E-state index contributed by atoms with van der Waals surface area (Å²) >= 11 is 0. The van der Waals surface area contributed by atoms with Crippen molar-refractivity contribution >= 4 is 11.9 Å². The average Bonchev–Trinajstić information content (AvgIpc) is 2.58. The number of benzene rings is 1. The average molecular weight is 333 g/mol. The number of carbonyl (C=O) groups is 2. The van der Waals surface area contributed by atoms with Crippen LogP contribution in [0.2, 0.25) is 0 Å². The molecule has 2 rings (SSSR count). The third-order valence-corrected chi connectivity index (χ3v) is 4.79. The van der Waals surface area contributed by atoms with Crippen molar-refractivity contribution in [2.24, 2.45) is 11.8 Å². The zero-order valence-electron chi connectivity index (χ0n) is 14.7. The molecule has 1 aromatic carbocycles. The van der Waals surface area contributed by atoms with Crippen molar-refractivity contribution in [2.45, 2.75) is 46.1 Å². The molecule has 0 aliphatic heterocycles. The Morgan fingerprint density at radius 2 is 1.88 bits per heavy atom. The Balaban J connectivity index is 1.79. The third-order valence-electron chi connectivity index (χ3n) is 4.79. The van der Waals surface area contributed by atoms with Crippen LogP contribution in [0.15, 0.2) is 24.3 Å². The van der Waals surface area contributed by atoms with Crippen molar-refractivity contribution in [3.05, 3.63) is 29.8 Å². The summed E-state index contributed by atoms with van der Waals surface area (Å²) < 4.78 is 10.4. The summed E-state index contributed by atoms with van der Waals surface area (Å²) in [5.41, 5.74) is 0.408. The Kier molecular flexibility index (Phi) is 6.64. The lowest BCUT2D eigenvalue weighted by molar-refractivity contribution is -0.125. The van der Waals surface area contributed by atoms with Gasteiger partial charge in [-0.1, -0.05) is 26.7 Å². The topological polar surface area (TPSA) is 64.6 Å². The van der Waals surface area contributed by atoms with Gasteiger partial charge in [-0.2, -0.15) is 0 Å². The Morgan fingerprint density at radius 3 is 2.54 bits per heavy atom. The molecule has 0 spiro atoms. The van der Waals surface area contributed by atoms with Crippen molar-refractivity contribution in [1.82, 2.24) is 5.32 Å². The number of hydrogen-bond acceptors (Lipinski definition) is 4. The predicted molar refractivity (Wildman–Crippen MR) is 92.0 cm³/mol. The molecule has 5 nitrogen and oxygen atoms in total. The van der Waals surface area contributed by atoms with Crippen LogP contribution in [0.25, 0.3) is 0 Å². The first-order valence-corrected chi connectivity index (χ1v) is 8.70. The number of ether oxygens (including phenoxy) is 2. The normalized spacial score (nSPS) is 23.4. The van der Waals surface area contributed by atoms with E-state index in [1.165, 1.54) is 6.42 Å². The fraction of sp³-hybridized carbons (Fsp3) is 0.579. The quantitative estimate of drug-likeness (QED) is 0.812. The molecule has 0 heterocycles. The van der Waals surface area contributed by atoms with E-state index in [1.807, 2.05) is 6.92 Å². The lowest BCUT2D eigenvalue weighted by Gasteiger charge is -2.34. The highest BCUT2D eigenvalue weighted by Gasteiger charge is 2.28. The first-order chi connectivity index (χ1) is 11.5. The second kappa shape index (κ2) is 8.71. The molecule has 1 amide bonds. The van der Waals surface area contributed by atoms with Gasteiger partial charge in [0, 0.05) is 6.04 Å². The van der Waals surface area contributed by atoms with E-state index in [9.17, 15) is 9.59 Å². The van der Waals surface area contributed by atoms with Crippen LogP contribution in [0.4, 0.5) is 0 Å². The summed E-state index contributed by atoms with van der Waals surface area (Å²) in [4.78, 5) is 24.0. The van der Waals surface area contributed by atoms with E-state index in [0.717, 1.165) is 12.8 Å². The number of rotatable bonds is 6. The Labute approximate surface area is 143 Å². The summed E-state index contributed by atoms with van der Waals surface area (Å²) in [5, 5.41) is 3.00. The van der Waals surface area contributed by atoms with Crippen LogP contribution in [0, 0.1) is 11.8 Å². The first-order valence-electron chi connectivity index (χ1n) is 8.70. The van der Waals surface area contributed by atoms with Crippen LogP contribution in [-0.2, 0) is 9.53 Å². The number of amides is 1. The van der Waals surface area contributed by atoms with Crippen molar-refractivity contribution in [2.75, 3.05) is 13.2 Å². The summed E-state index contributed by atoms with van der Waals surface area (Å²) in [7, 11) is 0. The van der Waals surface area contributed by atoms with Crippen LogP contribution in [0.1, 0.15) is 50.4 Å². The van der Waals surface area contributed by atoms with E-state index in [-0.39, 0.29) is 18.6 Å². The molecule has 1 aliphatic rings. The van der Waals surface area contributed by atoms with Gasteiger partial charge < -0.3 is 14.8 Å². The summed E-state index contributed by atoms with van der Waals surface area (Å²) in [6, 6.07) is 6.87. The monoisotopic (exact) mass is 333 g/mol. The van der Waals surface area contributed by atoms with Crippen LogP contribution >= 0.6 is 0 Å². The molecular weight excluding hydrogens is 306 g/mol. The molecule has 3 atom stereocenters. The maximum absolute atomic E-state index is 12.0. The molecule has 1 aromatic rings. The second-order valence-electron chi connectivity index (χ2n) is 6.47. The first kappa shape index (κ1) is 18.3. The molecular formula is C19H27NO4. The van der Waals surface area contributed by atoms with Crippen LogP contribution in [-0.4, -0.2) is 31.1 Å². The van der Waals surface area contributed by atoms with Gasteiger partial charge in [-0.15, -0.1) is 0 Å². The van der Waals surface area contributed by atoms with Gasteiger partial charge in [-0.25, -0.2) is 4.79 Å². The van der Waals surface area contributed by atoms with Crippen molar-refractivity contribution in [3.8, 4) is 5.75 Å². The van der Waals surface area contributed by atoms with Gasteiger partial charge in [0.05, 0.1) is 12.2 Å². The van der Waals surface area contributed by atoms with E-state index >= 15 is 0 Å². The zero-order valence-corrected chi connectivity index (χ0v) is 14.7. The molecule has 1 saturated carbocycles. The maximum atomic E-state index is 12.0. The molecule has 1 N–H and O–H groups in total. The molecule has 0 saturated heterocycles. The van der Waals surface area contributed by atoms with Crippen LogP contribution in [0.5, 0.6) is 5.75 Å². The zero-order chi connectivity index (χ0) is 17.5. The van der Waals surface area contributed by atoms with Gasteiger partial charge >= 0.3 is 5.97 Å². The molecule has 1 aliphatic carbocycles. The van der Waals surface area contributed by atoms with Gasteiger partial charge in [-0.3, -0.25) is 4.79 Å². The van der Waals surface area contributed by atoms with E-state index in [0.29, 0.717) is 29.8 Å². The SMILES string of the molecule is CCOc1ccc(C(=O)OCC(=O)N[C@@H]2CCC[C@H](C)[C@@H]2C)cc1. The minimum Gasteiger partial charge on any atom is -0.494 e. The van der Waals surface area contributed by atoms with Crippen molar-refractivity contribution in [1.29, 1.82) is 0 Å².